The fraction of sp³-hybridized carbons (Fsp3) is 0.0435. The Bertz CT molecular complexity index is 1460. The van der Waals surface area contributed by atoms with Crippen LogP contribution in [0.5, 0.6) is 0 Å². The predicted octanol–water partition coefficient (Wildman–Crippen LogP) is 3.14. The molecule has 29 heavy (non-hydrogen) atoms. The molecule has 0 aliphatic carbocycles. The minimum atomic E-state index is -0.256. The molecule has 1 aromatic carbocycles. The average molecular weight is 380 g/mol. The van der Waals surface area contributed by atoms with E-state index in [-0.39, 0.29) is 11.1 Å². The van der Waals surface area contributed by atoms with E-state index in [4.69, 9.17) is 0 Å². The van der Waals surface area contributed by atoms with Gasteiger partial charge >= 0.3 is 0 Å². The molecule has 6 heteroatoms. The van der Waals surface area contributed by atoms with Gasteiger partial charge in [-0.25, -0.2) is 9.97 Å². The number of hydrogen-bond donors (Lipinski definition) is 0. The van der Waals surface area contributed by atoms with Crippen molar-refractivity contribution in [3.63, 3.8) is 0 Å². The topological polar surface area (TPSA) is 69.8 Å². The SMILES string of the molecule is O=c1c2cc3c(=O)n(-c4ccccn4)ccc3nc2ccn1Cc1ccccc1. The lowest BCUT2D eigenvalue weighted by Gasteiger charge is -2.09. The smallest absolute Gasteiger partial charge is 0.265 e. The van der Waals surface area contributed by atoms with Crippen molar-refractivity contribution in [2.75, 3.05) is 0 Å². The highest BCUT2D eigenvalue weighted by Crippen LogP contribution is 2.15. The third-order valence-electron chi connectivity index (χ3n) is 4.91. The third kappa shape index (κ3) is 3.00. The van der Waals surface area contributed by atoms with Gasteiger partial charge in [0.25, 0.3) is 11.1 Å². The predicted molar refractivity (Wildman–Crippen MR) is 112 cm³/mol. The van der Waals surface area contributed by atoms with E-state index in [1.54, 1.807) is 47.4 Å². The minimum Gasteiger partial charge on any atom is -0.310 e. The first-order chi connectivity index (χ1) is 14.2. The summed E-state index contributed by atoms with van der Waals surface area (Å²) in [5.74, 6) is 0.522. The van der Waals surface area contributed by atoms with E-state index in [2.05, 4.69) is 9.97 Å². The van der Waals surface area contributed by atoms with Crippen molar-refractivity contribution in [2.24, 2.45) is 0 Å². The van der Waals surface area contributed by atoms with Gasteiger partial charge in [0, 0.05) is 18.6 Å². The van der Waals surface area contributed by atoms with Crippen molar-refractivity contribution in [2.45, 2.75) is 6.54 Å². The van der Waals surface area contributed by atoms with Crippen LogP contribution in [0.4, 0.5) is 0 Å². The molecule has 0 fully saturated rings. The van der Waals surface area contributed by atoms with Gasteiger partial charge in [0.05, 0.1) is 28.4 Å². The van der Waals surface area contributed by atoms with Crippen molar-refractivity contribution < 1.29 is 0 Å². The molecule has 0 unspecified atom stereocenters. The molecule has 0 saturated carbocycles. The van der Waals surface area contributed by atoms with Crippen LogP contribution in [0.15, 0.2) is 94.9 Å². The maximum absolute atomic E-state index is 13.0. The van der Waals surface area contributed by atoms with Crippen LogP contribution in [-0.4, -0.2) is 19.1 Å². The van der Waals surface area contributed by atoms with Gasteiger partial charge in [-0.15, -0.1) is 0 Å². The summed E-state index contributed by atoms with van der Waals surface area (Å²) in [6, 6.07) is 20.4. The molecule has 6 nitrogen and oxygen atoms in total. The Kier molecular flexibility index (Phi) is 4.02. The van der Waals surface area contributed by atoms with Gasteiger partial charge in [0.15, 0.2) is 0 Å². The van der Waals surface area contributed by atoms with E-state index in [1.807, 2.05) is 42.5 Å². The molecule has 0 N–H and O–H groups in total. The van der Waals surface area contributed by atoms with Crippen molar-refractivity contribution in [1.29, 1.82) is 0 Å². The summed E-state index contributed by atoms with van der Waals surface area (Å²) in [4.78, 5) is 34.8. The van der Waals surface area contributed by atoms with Gasteiger partial charge in [0.2, 0.25) is 0 Å². The normalized spacial score (nSPS) is 11.2. The number of pyridine rings is 4. The van der Waals surface area contributed by atoms with E-state index < -0.39 is 0 Å². The number of nitrogens with zero attached hydrogens (tertiary/aromatic N) is 4. The van der Waals surface area contributed by atoms with Crippen molar-refractivity contribution in [3.05, 3.63) is 112 Å². The molecule has 4 heterocycles. The molecular weight excluding hydrogens is 364 g/mol. The van der Waals surface area contributed by atoms with Crippen LogP contribution in [-0.2, 0) is 6.54 Å². The molecule has 0 aliphatic heterocycles. The Hall–Kier alpha value is -4.06. The molecule has 4 aromatic heterocycles. The Labute approximate surface area is 165 Å². The van der Waals surface area contributed by atoms with Crippen LogP contribution in [0, 0.1) is 0 Å². The summed E-state index contributed by atoms with van der Waals surface area (Å²) >= 11 is 0. The fourth-order valence-corrected chi connectivity index (χ4v) is 3.45. The second kappa shape index (κ2) is 6.83. The Balaban J connectivity index is 1.70. The highest BCUT2D eigenvalue weighted by molar-refractivity contribution is 5.91. The molecule has 0 saturated heterocycles. The van der Waals surface area contributed by atoms with Crippen molar-refractivity contribution in [1.82, 2.24) is 19.1 Å². The van der Waals surface area contributed by atoms with E-state index in [9.17, 15) is 9.59 Å². The zero-order chi connectivity index (χ0) is 19.8. The highest BCUT2D eigenvalue weighted by Gasteiger charge is 2.11. The van der Waals surface area contributed by atoms with Gasteiger partial charge in [0.1, 0.15) is 5.82 Å². The molecule has 0 radical (unpaired) electrons. The molecule has 0 bridgehead atoms. The lowest BCUT2D eigenvalue weighted by atomic mass is 10.1. The van der Waals surface area contributed by atoms with Crippen LogP contribution in [0.2, 0.25) is 0 Å². The van der Waals surface area contributed by atoms with Gasteiger partial charge in [-0.05, 0) is 35.9 Å². The van der Waals surface area contributed by atoms with Gasteiger partial charge in [-0.2, -0.15) is 0 Å². The average Bonchev–Trinajstić information content (AvgIpc) is 2.77. The van der Waals surface area contributed by atoms with Gasteiger partial charge in [-0.1, -0.05) is 36.4 Å². The maximum Gasteiger partial charge on any atom is 0.265 e. The Morgan fingerprint density at radius 2 is 1.48 bits per heavy atom. The molecule has 5 aromatic rings. The first kappa shape index (κ1) is 17.1. The zero-order valence-corrected chi connectivity index (χ0v) is 15.4. The lowest BCUT2D eigenvalue weighted by Crippen LogP contribution is -2.22. The van der Waals surface area contributed by atoms with Crippen LogP contribution >= 0.6 is 0 Å². The second-order valence-electron chi connectivity index (χ2n) is 6.77. The Morgan fingerprint density at radius 1 is 0.759 bits per heavy atom. The summed E-state index contributed by atoms with van der Waals surface area (Å²) in [5.41, 5.74) is 1.72. The number of rotatable bonds is 3. The second-order valence-corrected chi connectivity index (χ2v) is 6.77. The molecular formula is C23H16N4O2. The van der Waals surface area contributed by atoms with Crippen LogP contribution in [0.3, 0.4) is 0 Å². The summed E-state index contributed by atoms with van der Waals surface area (Å²) in [6.07, 6.45) is 5.03. The fourth-order valence-electron chi connectivity index (χ4n) is 3.45. The molecule has 0 atom stereocenters. The monoisotopic (exact) mass is 380 g/mol. The standard InChI is InChI=1S/C23H16N4O2/c28-22-17-14-18-20(10-13-27(23(18)29)21-8-4-5-11-24-21)25-19(17)9-12-26(22)15-16-6-2-1-3-7-16/h1-14H,15H2. The summed E-state index contributed by atoms with van der Waals surface area (Å²) < 4.78 is 3.09. The molecule has 5 rings (SSSR count). The number of benzene rings is 1. The molecule has 0 amide bonds. The first-order valence-electron chi connectivity index (χ1n) is 9.21. The summed E-state index contributed by atoms with van der Waals surface area (Å²) in [5, 5.41) is 0.812. The van der Waals surface area contributed by atoms with Gasteiger partial charge in [-0.3, -0.25) is 14.2 Å². The highest BCUT2D eigenvalue weighted by atomic mass is 16.1. The van der Waals surface area contributed by atoms with Crippen LogP contribution < -0.4 is 11.1 Å². The summed E-state index contributed by atoms with van der Waals surface area (Å²) in [7, 11) is 0. The molecule has 140 valence electrons. The van der Waals surface area contributed by atoms with Crippen molar-refractivity contribution >= 4 is 21.8 Å². The molecule has 0 aliphatic rings. The largest absolute Gasteiger partial charge is 0.310 e. The zero-order valence-electron chi connectivity index (χ0n) is 15.4. The van der Waals surface area contributed by atoms with Gasteiger partial charge < -0.3 is 4.57 Å². The van der Waals surface area contributed by atoms with Crippen LogP contribution in [0.1, 0.15) is 5.56 Å². The lowest BCUT2D eigenvalue weighted by molar-refractivity contribution is 0.767. The number of hydrogen-bond acceptors (Lipinski definition) is 4. The first-order valence-corrected chi connectivity index (χ1v) is 9.21. The molecule has 0 spiro atoms. The number of fused-ring (bicyclic) bond motifs is 2. The summed E-state index contributed by atoms with van der Waals surface area (Å²) in [6.45, 7) is 0.459. The third-order valence-corrected chi connectivity index (χ3v) is 4.91. The van der Waals surface area contributed by atoms with E-state index in [1.165, 1.54) is 4.57 Å². The quantitative estimate of drug-likeness (QED) is 0.451. The Morgan fingerprint density at radius 3 is 2.24 bits per heavy atom. The minimum absolute atomic E-state index is 0.173. The van der Waals surface area contributed by atoms with E-state index in [0.717, 1.165) is 5.56 Å². The number of aromatic nitrogens is 4. The van der Waals surface area contributed by atoms with E-state index in [0.29, 0.717) is 34.2 Å². The van der Waals surface area contributed by atoms with Crippen LogP contribution in [0.25, 0.3) is 27.6 Å². The van der Waals surface area contributed by atoms with Crippen molar-refractivity contribution in [3.8, 4) is 5.82 Å². The van der Waals surface area contributed by atoms with E-state index >= 15 is 0 Å². The maximum atomic E-state index is 13.0.